The molecule has 4 aromatic rings. The van der Waals surface area contributed by atoms with Gasteiger partial charge >= 0.3 is 0 Å². The first kappa shape index (κ1) is 22.8. The van der Waals surface area contributed by atoms with Crippen molar-refractivity contribution in [3.63, 3.8) is 0 Å². The lowest BCUT2D eigenvalue weighted by Gasteiger charge is -2.34. The van der Waals surface area contributed by atoms with Crippen LogP contribution in [0.1, 0.15) is 37.6 Å². The summed E-state index contributed by atoms with van der Waals surface area (Å²) >= 11 is 12.7. The Labute approximate surface area is 207 Å². The zero-order valence-corrected chi connectivity index (χ0v) is 20.6. The Morgan fingerprint density at radius 2 is 1.94 bits per heavy atom. The second kappa shape index (κ2) is 8.65. The predicted octanol–water partition coefficient (Wildman–Crippen LogP) is 5.17. The Morgan fingerprint density at radius 3 is 2.68 bits per heavy atom. The molecule has 34 heavy (non-hydrogen) atoms. The molecule has 0 aliphatic carbocycles. The van der Waals surface area contributed by atoms with Crippen LogP contribution in [0, 0.1) is 0 Å². The molecule has 9 heteroatoms. The van der Waals surface area contributed by atoms with Gasteiger partial charge in [-0.3, -0.25) is 4.79 Å². The average molecular weight is 495 g/mol. The van der Waals surface area contributed by atoms with Crippen LogP contribution in [0.15, 0.2) is 47.4 Å². The minimum atomic E-state index is -0.378. The van der Waals surface area contributed by atoms with E-state index in [1.807, 2.05) is 13.0 Å². The molecule has 0 unspecified atom stereocenters. The fourth-order valence-electron chi connectivity index (χ4n) is 4.45. The van der Waals surface area contributed by atoms with Crippen molar-refractivity contribution in [2.24, 2.45) is 0 Å². The zero-order chi connectivity index (χ0) is 24.0. The molecule has 174 valence electrons. The highest BCUT2D eigenvalue weighted by Crippen LogP contribution is 2.31. The third-order valence-electron chi connectivity index (χ3n) is 6.19. The number of halogens is 2. The van der Waals surface area contributed by atoms with Crippen molar-refractivity contribution >= 4 is 45.7 Å². The molecular formula is C25H24Cl2N6O. The van der Waals surface area contributed by atoms with Crippen LogP contribution in [0.4, 0.5) is 11.6 Å². The minimum absolute atomic E-state index is 0.0578. The summed E-state index contributed by atoms with van der Waals surface area (Å²) in [5.41, 5.74) is 4.56. The summed E-state index contributed by atoms with van der Waals surface area (Å²) in [7, 11) is 0. The van der Waals surface area contributed by atoms with E-state index in [-0.39, 0.29) is 11.1 Å². The molecule has 0 radical (unpaired) electrons. The van der Waals surface area contributed by atoms with E-state index < -0.39 is 0 Å². The average Bonchev–Trinajstić information content (AvgIpc) is 2.80. The van der Waals surface area contributed by atoms with Crippen LogP contribution in [0.5, 0.6) is 0 Å². The number of rotatable bonds is 4. The molecule has 1 aliphatic heterocycles. The molecule has 0 spiro atoms. The highest BCUT2D eigenvalue weighted by Gasteiger charge is 2.26. The van der Waals surface area contributed by atoms with Crippen LogP contribution in [-0.4, -0.2) is 26.3 Å². The highest BCUT2D eigenvalue weighted by molar-refractivity contribution is 6.37. The lowest BCUT2D eigenvalue weighted by atomic mass is 9.85. The van der Waals surface area contributed by atoms with E-state index in [2.05, 4.69) is 51.7 Å². The Bertz CT molecular complexity index is 1460. The molecule has 5 rings (SSSR count). The number of aryl methyl sites for hydroxylation is 1. The van der Waals surface area contributed by atoms with Gasteiger partial charge in [0.2, 0.25) is 5.95 Å². The van der Waals surface area contributed by atoms with Gasteiger partial charge in [0.05, 0.1) is 21.1 Å². The second-order valence-electron chi connectivity index (χ2n) is 8.84. The number of hydrogen-bond donors (Lipinski definition) is 2. The molecule has 2 N–H and O–H groups in total. The maximum atomic E-state index is 13.3. The van der Waals surface area contributed by atoms with Crippen molar-refractivity contribution in [2.45, 2.75) is 39.2 Å². The zero-order valence-electron chi connectivity index (χ0n) is 19.1. The van der Waals surface area contributed by atoms with E-state index in [1.54, 1.807) is 18.2 Å². The molecule has 0 fully saturated rings. The number of benzene rings is 2. The normalized spacial score (nSPS) is 14.7. The quantitative estimate of drug-likeness (QED) is 0.407. The van der Waals surface area contributed by atoms with Crippen LogP contribution in [0.2, 0.25) is 10.0 Å². The standard InChI is InChI=1S/C25H24Cl2N6O/c1-4-20-21-16(23(34)33(32-20)22-18(26)6-5-7-19(22)27)13-28-24(31-21)30-15-8-9-17-14(12-15)10-11-29-25(17,2)3/h5-9,12-13,29H,4,10-11H2,1-3H3,(H,28,30,31). The van der Waals surface area contributed by atoms with E-state index in [9.17, 15) is 4.79 Å². The first-order chi connectivity index (χ1) is 16.3. The molecule has 0 amide bonds. The SMILES string of the molecule is CCc1nn(-c2c(Cl)cccc2Cl)c(=O)c2cnc(Nc3ccc4c(c3)CCNC4(C)C)nc12. The molecule has 0 atom stereocenters. The summed E-state index contributed by atoms with van der Waals surface area (Å²) in [5, 5.41) is 12.4. The van der Waals surface area contributed by atoms with Crippen molar-refractivity contribution in [2.75, 3.05) is 11.9 Å². The third-order valence-corrected chi connectivity index (χ3v) is 6.80. The number of anilines is 2. The van der Waals surface area contributed by atoms with Crippen LogP contribution < -0.4 is 16.2 Å². The summed E-state index contributed by atoms with van der Waals surface area (Å²) in [6.07, 6.45) is 3.05. The van der Waals surface area contributed by atoms with Crippen molar-refractivity contribution in [1.82, 2.24) is 25.1 Å². The number of aromatic nitrogens is 4. The first-order valence-corrected chi connectivity index (χ1v) is 11.9. The number of hydrogen-bond acceptors (Lipinski definition) is 6. The van der Waals surface area contributed by atoms with E-state index >= 15 is 0 Å². The fraction of sp³-hybridized carbons (Fsp3) is 0.280. The summed E-state index contributed by atoms with van der Waals surface area (Å²) in [5.74, 6) is 0.407. The smallest absolute Gasteiger partial charge is 0.282 e. The minimum Gasteiger partial charge on any atom is -0.324 e. The van der Waals surface area contributed by atoms with Crippen molar-refractivity contribution in [3.05, 3.63) is 79.8 Å². The molecule has 0 saturated heterocycles. The van der Waals surface area contributed by atoms with Gasteiger partial charge in [-0.05, 0) is 68.6 Å². The van der Waals surface area contributed by atoms with Crippen molar-refractivity contribution in [1.29, 1.82) is 0 Å². The largest absolute Gasteiger partial charge is 0.324 e. The van der Waals surface area contributed by atoms with Crippen LogP contribution in [-0.2, 0) is 18.4 Å². The number of nitrogens with one attached hydrogen (secondary N) is 2. The van der Waals surface area contributed by atoms with Gasteiger partial charge in [-0.25, -0.2) is 9.97 Å². The summed E-state index contributed by atoms with van der Waals surface area (Å²) in [4.78, 5) is 22.3. The van der Waals surface area contributed by atoms with Gasteiger partial charge in [0.15, 0.2) is 0 Å². The Morgan fingerprint density at radius 1 is 1.18 bits per heavy atom. The highest BCUT2D eigenvalue weighted by atomic mass is 35.5. The first-order valence-electron chi connectivity index (χ1n) is 11.2. The monoisotopic (exact) mass is 494 g/mol. The molecule has 0 bridgehead atoms. The topological polar surface area (TPSA) is 84.7 Å². The second-order valence-corrected chi connectivity index (χ2v) is 9.66. The Kier molecular flexibility index (Phi) is 5.80. The third kappa shape index (κ3) is 3.94. The van der Waals surface area contributed by atoms with Gasteiger partial charge in [0.25, 0.3) is 5.56 Å². The van der Waals surface area contributed by atoms with E-state index in [0.717, 1.165) is 18.7 Å². The van der Waals surface area contributed by atoms with Crippen LogP contribution >= 0.6 is 23.2 Å². The van der Waals surface area contributed by atoms with Gasteiger partial charge < -0.3 is 10.6 Å². The molecule has 2 aromatic carbocycles. The molecular weight excluding hydrogens is 471 g/mol. The van der Waals surface area contributed by atoms with E-state index in [1.165, 1.54) is 22.0 Å². The lowest BCUT2D eigenvalue weighted by molar-refractivity contribution is 0.382. The number of fused-ring (bicyclic) bond motifs is 2. The van der Waals surface area contributed by atoms with E-state index in [0.29, 0.717) is 44.7 Å². The molecule has 2 aromatic heterocycles. The van der Waals surface area contributed by atoms with Gasteiger partial charge in [0, 0.05) is 17.4 Å². The molecule has 1 aliphatic rings. The van der Waals surface area contributed by atoms with Crippen molar-refractivity contribution in [3.8, 4) is 5.69 Å². The molecule has 0 saturated carbocycles. The van der Waals surface area contributed by atoms with Crippen molar-refractivity contribution < 1.29 is 0 Å². The van der Waals surface area contributed by atoms with Gasteiger partial charge in [-0.2, -0.15) is 9.78 Å². The maximum absolute atomic E-state index is 13.3. The van der Waals surface area contributed by atoms with Crippen LogP contribution in [0.3, 0.4) is 0 Å². The van der Waals surface area contributed by atoms with Gasteiger partial charge in [0.1, 0.15) is 11.2 Å². The fourth-order valence-corrected chi connectivity index (χ4v) is 5.01. The predicted molar refractivity (Wildman–Crippen MR) is 137 cm³/mol. The van der Waals surface area contributed by atoms with E-state index in [4.69, 9.17) is 23.2 Å². The molecule has 3 heterocycles. The summed E-state index contributed by atoms with van der Waals surface area (Å²) < 4.78 is 1.24. The summed E-state index contributed by atoms with van der Waals surface area (Å²) in [6, 6.07) is 11.4. The summed E-state index contributed by atoms with van der Waals surface area (Å²) in [6.45, 7) is 7.27. The molecule has 7 nitrogen and oxygen atoms in total. The number of para-hydroxylation sites is 1. The Balaban J connectivity index is 1.56. The van der Waals surface area contributed by atoms with Gasteiger partial charge in [-0.15, -0.1) is 0 Å². The maximum Gasteiger partial charge on any atom is 0.282 e. The van der Waals surface area contributed by atoms with Crippen LogP contribution in [0.25, 0.3) is 16.6 Å². The Hall–Kier alpha value is -3.00. The number of nitrogens with zero attached hydrogens (tertiary/aromatic N) is 4. The van der Waals surface area contributed by atoms with Gasteiger partial charge in [-0.1, -0.05) is 42.3 Å². The lowest BCUT2D eigenvalue weighted by Crippen LogP contribution is -2.42.